The summed E-state index contributed by atoms with van der Waals surface area (Å²) in [6.45, 7) is 1.67. The van der Waals surface area contributed by atoms with Gasteiger partial charge in [0.15, 0.2) is 0 Å². The quantitative estimate of drug-likeness (QED) is 0.792. The molecule has 0 fully saturated rings. The lowest BCUT2D eigenvalue weighted by atomic mass is 10.2. The Kier molecular flexibility index (Phi) is 3.01. The first-order valence-corrected chi connectivity index (χ1v) is 4.99. The van der Waals surface area contributed by atoms with E-state index in [9.17, 15) is 4.39 Å². The molecule has 0 bridgehead atoms. The van der Waals surface area contributed by atoms with Crippen molar-refractivity contribution in [3.8, 4) is 17.6 Å². The van der Waals surface area contributed by atoms with Gasteiger partial charge in [0.1, 0.15) is 29.1 Å². The predicted molar refractivity (Wildman–Crippen MR) is 60.2 cm³/mol. The predicted octanol–water partition coefficient (Wildman–Crippen LogP) is 3.19. The Morgan fingerprint density at radius 1 is 1.24 bits per heavy atom. The zero-order valence-corrected chi connectivity index (χ0v) is 9.14. The van der Waals surface area contributed by atoms with Crippen molar-refractivity contribution in [2.75, 3.05) is 0 Å². The Morgan fingerprint density at radius 2 is 2.00 bits per heavy atom. The summed E-state index contributed by atoms with van der Waals surface area (Å²) in [5.74, 6) is 0.778. The maximum atomic E-state index is 13.0. The lowest BCUT2D eigenvalue weighted by molar-refractivity contribution is 0.477. The fraction of sp³-hybridized carbons (Fsp3) is 0.0769. The first-order chi connectivity index (χ1) is 8.19. The van der Waals surface area contributed by atoms with E-state index in [1.165, 1.54) is 12.3 Å². The second-order valence-corrected chi connectivity index (χ2v) is 3.50. The van der Waals surface area contributed by atoms with Gasteiger partial charge in [0, 0.05) is 0 Å². The monoisotopic (exact) mass is 228 g/mol. The van der Waals surface area contributed by atoms with Crippen LogP contribution in [0.3, 0.4) is 0 Å². The fourth-order valence-electron chi connectivity index (χ4n) is 1.32. The number of aromatic nitrogens is 1. The van der Waals surface area contributed by atoms with E-state index in [0.717, 1.165) is 0 Å². The number of hydrogen-bond acceptors (Lipinski definition) is 3. The summed E-state index contributed by atoms with van der Waals surface area (Å²) < 4.78 is 18.5. The molecule has 84 valence electrons. The minimum absolute atomic E-state index is 0.268. The van der Waals surface area contributed by atoms with Crippen LogP contribution in [0.25, 0.3) is 0 Å². The Balaban J connectivity index is 2.20. The number of nitrogens with zero attached hydrogens (tertiary/aromatic N) is 2. The van der Waals surface area contributed by atoms with Crippen molar-refractivity contribution in [1.29, 1.82) is 5.26 Å². The molecule has 2 rings (SSSR count). The van der Waals surface area contributed by atoms with Crippen molar-refractivity contribution in [3.63, 3.8) is 0 Å². The zero-order chi connectivity index (χ0) is 12.3. The van der Waals surface area contributed by atoms with Crippen LogP contribution in [0, 0.1) is 24.1 Å². The third-order valence-electron chi connectivity index (χ3n) is 2.22. The van der Waals surface area contributed by atoms with Crippen molar-refractivity contribution in [3.05, 3.63) is 53.6 Å². The van der Waals surface area contributed by atoms with Crippen LogP contribution >= 0.6 is 0 Å². The molecule has 4 heteroatoms. The average Bonchev–Trinajstić information content (AvgIpc) is 2.35. The largest absolute Gasteiger partial charge is 0.456 e. The maximum absolute atomic E-state index is 13.0. The van der Waals surface area contributed by atoms with Crippen molar-refractivity contribution < 1.29 is 9.13 Å². The molecule has 0 saturated heterocycles. The summed E-state index contributed by atoms with van der Waals surface area (Å²) in [5, 5.41) is 8.59. The van der Waals surface area contributed by atoms with E-state index in [-0.39, 0.29) is 5.82 Å². The molecular formula is C13H9FN2O. The Bertz CT molecular complexity index is 573. The first-order valence-electron chi connectivity index (χ1n) is 4.99. The molecule has 1 aromatic carbocycles. The second kappa shape index (κ2) is 4.62. The van der Waals surface area contributed by atoms with Gasteiger partial charge in [0.05, 0.1) is 6.20 Å². The van der Waals surface area contributed by atoms with Gasteiger partial charge in [-0.2, -0.15) is 5.26 Å². The molecule has 2 aromatic rings. The summed E-state index contributed by atoms with van der Waals surface area (Å²) in [5.41, 5.74) is 0.844. The number of nitriles is 1. The highest BCUT2D eigenvalue weighted by Crippen LogP contribution is 2.22. The van der Waals surface area contributed by atoms with Crippen molar-refractivity contribution in [1.82, 2.24) is 4.98 Å². The summed E-state index contributed by atoms with van der Waals surface area (Å²) in [6, 6.07) is 9.62. The van der Waals surface area contributed by atoms with Crippen molar-refractivity contribution >= 4 is 0 Å². The number of halogens is 1. The summed E-state index contributed by atoms with van der Waals surface area (Å²) in [7, 11) is 0. The minimum Gasteiger partial charge on any atom is -0.456 e. The van der Waals surface area contributed by atoms with E-state index in [1.807, 2.05) is 6.07 Å². The molecule has 3 nitrogen and oxygen atoms in total. The van der Waals surface area contributed by atoms with Crippen LogP contribution in [-0.4, -0.2) is 4.98 Å². The van der Waals surface area contributed by atoms with E-state index < -0.39 is 0 Å². The van der Waals surface area contributed by atoms with E-state index in [4.69, 9.17) is 10.00 Å². The molecule has 0 radical (unpaired) electrons. The smallest absolute Gasteiger partial charge is 0.145 e. The van der Waals surface area contributed by atoms with Crippen LogP contribution < -0.4 is 4.74 Å². The van der Waals surface area contributed by atoms with E-state index >= 15 is 0 Å². The SMILES string of the molecule is Cc1cc(Oc2ccc(C#N)nc2)ccc1F. The van der Waals surface area contributed by atoms with Gasteiger partial charge >= 0.3 is 0 Å². The molecule has 0 atom stereocenters. The second-order valence-electron chi connectivity index (χ2n) is 3.50. The summed E-state index contributed by atoms with van der Waals surface area (Å²) in [6.07, 6.45) is 1.46. The van der Waals surface area contributed by atoms with Gasteiger partial charge in [0.25, 0.3) is 0 Å². The third-order valence-corrected chi connectivity index (χ3v) is 2.22. The normalized spacial score (nSPS) is 9.71. The molecule has 17 heavy (non-hydrogen) atoms. The van der Waals surface area contributed by atoms with E-state index in [2.05, 4.69) is 4.98 Å². The molecule has 0 saturated carbocycles. The average molecular weight is 228 g/mol. The van der Waals surface area contributed by atoms with Crippen LogP contribution in [0.1, 0.15) is 11.3 Å². The lowest BCUT2D eigenvalue weighted by Crippen LogP contribution is -1.89. The molecule has 0 aliphatic rings. The number of aryl methyl sites for hydroxylation is 1. The summed E-state index contributed by atoms with van der Waals surface area (Å²) in [4.78, 5) is 3.87. The Morgan fingerprint density at radius 3 is 2.59 bits per heavy atom. The van der Waals surface area contributed by atoms with Crippen LogP contribution in [-0.2, 0) is 0 Å². The Hall–Kier alpha value is -2.41. The van der Waals surface area contributed by atoms with Crippen LogP contribution in [0.15, 0.2) is 36.5 Å². The number of benzene rings is 1. The third kappa shape index (κ3) is 2.58. The Labute approximate surface area is 98.1 Å². The molecule has 0 spiro atoms. The molecule has 0 N–H and O–H groups in total. The topological polar surface area (TPSA) is 45.9 Å². The van der Waals surface area contributed by atoms with Gasteiger partial charge in [-0.3, -0.25) is 0 Å². The minimum atomic E-state index is -0.268. The number of pyridine rings is 1. The number of ether oxygens (including phenoxy) is 1. The molecule has 0 unspecified atom stereocenters. The van der Waals surface area contributed by atoms with Gasteiger partial charge < -0.3 is 4.74 Å². The highest BCUT2D eigenvalue weighted by molar-refractivity contribution is 5.34. The number of hydrogen-bond donors (Lipinski definition) is 0. The van der Waals surface area contributed by atoms with Crippen molar-refractivity contribution in [2.24, 2.45) is 0 Å². The first kappa shape index (κ1) is 11.1. The van der Waals surface area contributed by atoms with Gasteiger partial charge in [-0.25, -0.2) is 9.37 Å². The van der Waals surface area contributed by atoms with Crippen molar-refractivity contribution in [2.45, 2.75) is 6.92 Å². The van der Waals surface area contributed by atoms with E-state index in [1.54, 1.807) is 31.2 Å². The van der Waals surface area contributed by atoms with Crippen LogP contribution in [0.5, 0.6) is 11.5 Å². The molecule has 0 amide bonds. The highest BCUT2D eigenvalue weighted by Gasteiger charge is 2.02. The standard InChI is InChI=1S/C13H9FN2O/c1-9-6-11(4-5-13(9)14)17-12-3-2-10(7-15)16-8-12/h2-6,8H,1H3. The molecule has 1 heterocycles. The summed E-state index contributed by atoms with van der Waals surface area (Å²) >= 11 is 0. The molecule has 1 aromatic heterocycles. The number of rotatable bonds is 2. The van der Waals surface area contributed by atoms with Gasteiger partial charge in [-0.15, -0.1) is 0 Å². The van der Waals surface area contributed by atoms with Crippen LogP contribution in [0.2, 0.25) is 0 Å². The lowest BCUT2D eigenvalue weighted by Gasteiger charge is -2.06. The van der Waals surface area contributed by atoms with Gasteiger partial charge in [0.2, 0.25) is 0 Å². The van der Waals surface area contributed by atoms with Crippen LogP contribution in [0.4, 0.5) is 4.39 Å². The van der Waals surface area contributed by atoms with E-state index in [0.29, 0.717) is 22.8 Å². The van der Waals surface area contributed by atoms with Gasteiger partial charge in [-0.05, 0) is 42.8 Å². The molecular weight excluding hydrogens is 219 g/mol. The molecule has 0 aliphatic carbocycles. The molecule has 0 aliphatic heterocycles. The zero-order valence-electron chi connectivity index (χ0n) is 9.14. The fourth-order valence-corrected chi connectivity index (χ4v) is 1.32. The highest BCUT2D eigenvalue weighted by atomic mass is 19.1. The maximum Gasteiger partial charge on any atom is 0.145 e. The van der Waals surface area contributed by atoms with Gasteiger partial charge in [-0.1, -0.05) is 0 Å².